The highest BCUT2D eigenvalue weighted by Gasteiger charge is 2.44. The first-order valence-corrected chi connectivity index (χ1v) is 9.35. The number of hydrogen-bond donors (Lipinski definition) is 0. The zero-order valence-electron chi connectivity index (χ0n) is 12.6. The van der Waals surface area contributed by atoms with Gasteiger partial charge in [-0.3, -0.25) is 0 Å². The minimum atomic E-state index is -4.38. The molecule has 0 aromatic carbocycles. The highest BCUT2D eigenvalue weighted by Crippen LogP contribution is 2.40. The zero-order chi connectivity index (χ0) is 17.1. The summed E-state index contributed by atoms with van der Waals surface area (Å²) in [6, 6.07) is 1.79. The fourth-order valence-electron chi connectivity index (χ4n) is 3.25. The maximum absolute atomic E-state index is 12.2. The van der Waals surface area contributed by atoms with Crippen LogP contribution in [0, 0.1) is 17.2 Å². The van der Waals surface area contributed by atoms with Crippen molar-refractivity contribution < 1.29 is 31.1 Å². The molecule has 1 aliphatic carbocycles. The van der Waals surface area contributed by atoms with Gasteiger partial charge < -0.3 is 9.47 Å². The molecule has 0 aromatic heterocycles. The molecule has 132 valence electrons. The van der Waals surface area contributed by atoms with E-state index in [1.807, 2.05) is 0 Å². The van der Waals surface area contributed by atoms with Crippen LogP contribution in [0.1, 0.15) is 38.5 Å². The monoisotopic (exact) mass is 355 g/mol. The molecule has 2 fully saturated rings. The number of nitriles is 1. The van der Waals surface area contributed by atoms with E-state index in [-0.39, 0.29) is 5.92 Å². The predicted molar refractivity (Wildman–Crippen MR) is 75.1 cm³/mol. The molecule has 1 spiro atoms. The van der Waals surface area contributed by atoms with Crippen LogP contribution in [0.2, 0.25) is 0 Å². The number of sulfone groups is 1. The Morgan fingerprint density at radius 3 is 2.26 bits per heavy atom. The van der Waals surface area contributed by atoms with E-state index in [0.29, 0.717) is 38.9 Å². The van der Waals surface area contributed by atoms with Crippen molar-refractivity contribution in [2.45, 2.75) is 55.7 Å². The lowest BCUT2D eigenvalue weighted by Gasteiger charge is -2.36. The van der Waals surface area contributed by atoms with Crippen molar-refractivity contribution in [1.29, 1.82) is 5.26 Å². The molecule has 2 rings (SSSR count). The molecule has 0 aromatic rings. The molecule has 23 heavy (non-hydrogen) atoms. The predicted octanol–water partition coefficient (Wildman–Crippen LogP) is 2.57. The van der Waals surface area contributed by atoms with Crippen molar-refractivity contribution >= 4 is 9.84 Å². The molecule has 1 heterocycles. The lowest BCUT2D eigenvalue weighted by atomic mass is 9.83. The van der Waals surface area contributed by atoms with Gasteiger partial charge in [0, 0.05) is 19.3 Å². The van der Waals surface area contributed by atoms with Crippen LogP contribution in [0.5, 0.6) is 0 Å². The van der Waals surface area contributed by atoms with Crippen LogP contribution in [0.3, 0.4) is 0 Å². The van der Waals surface area contributed by atoms with E-state index < -0.39 is 45.6 Å². The standard InChI is InChI=1S/C14H20F3NO4S/c15-14(16,17)4-1-9-23(19,20)12(10-18)11-2-5-13(6-3-11)21-7-8-22-13/h11-12H,1-9H2. The summed E-state index contributed by atoms with van der Waals surface area (Å²) in [5.74, 6) is -1.65. The van der Waals surface area contributed by atoms with E-state index in [4.69, 9.17) is 9.47 Å². The van der Waals surface area contributed by atoms with Crippen LogP contribution in [-0.4, -0.2) is 44.6 Å². The Morgan fingerprint density at radius 1 is 1.22 bits per heavy atom. The maximum Gasteiger partial charge on any atom is 0.389 e. The van der Waals surface area contributed by atoms with Crippen LogP contribution >= 0.6 is 0 Å². The largest absolute Gasteiger partial charge is 0.389 e. The zero-order valence-corrected chi connectivity index (χ0v) is 13.5. The van der Waals surface area contributed by atoms with E-state index in [0.717, 1.165) is 0 Å². The third-order valence-electron chi connectivity index (χ3n) is 4.44. The van der Waals surface area contributed by atoms with Gasteiger partial charge in [0.25, 0.3) is 0 Å². The van der Waals surface area contributed by atoms with E-state index in [9.17, 15) is 26.9 Å². The Kier molecular flexibility index (Phi) is 5.59. The Morgan fingerprint density at radius 2 is 1.78 bits per heavy atom. The summed E-state index contributed by atoms with van der Waals surface area (Å²) in [4.78, 5) is 0. The van der Waals surface area contributed by atoms with E-state index in [1.54, 1.807) is 6.07 Å². The molecule has 1 aliphatic heterocycles. The van der Waals surface area contributed by atoms with E-state index >= 15 is 0 Å². The topological polar surface area (TPSA) is 76.4 Å². The number of halogens is 3. The van der Waals surface area contributed by atoms with Crippen molar-refractivity contribution in [3.63, 3.8) is 0 Å². The van der Waals surface area contributed by atoms with E-state index in [2.05, 4.69) is 0 Å². The second kappa shape index (κ2) is 6.95. The number of nitrogens with zero attached hydrogens (tertiary/aromatic N) is 1. The third-order valence-corrected chi connectivity index (χ3v) is 6.56. The molecular weight excluding hydrogens is 335 g/mol. The van der Waals surface area contributed by atoms with Crippen molar-refractivity contribution in [2.75, 3.05) is 19.0 Å². The summed E-state index contributed by atoms with van der Waals surface area (Å²) in [5, 5.41) is 7.96. The summed E-state index contributed by atoms with van der Waals surface area (Å²) in [5.41, 5.74) is 0. The number of alkyl halides is 3. The van der Waals surface area contributed by atoms with Gasteiger partial charge in [0.15, 0.2) is 20.9 Å². The summed E-state index contributed by atoms with van der Waals surface area (Å²) < 4.78 is 72.0. The summed E-state index contributed by atoms with van der Waals surface area (Å²) in [6.07, 6.45) is -4.12. The highest BCUT2D eigenvalue weighted by atomic mass is 32.2. The van der Waals surface area contributed by atoms with Gasteiger partial charge >= 0.3 is 6.18 Å². The average molecular weight is 355 g/mol. The maximum atomic E-state index is 12.2. The molecular formula is C14H20F3NO4S. The summed E-state index contributed by atoms with van der Waals surface area (Å²) >= 11 is 0. The molecule has 0 radical (unpaired) electrons. The first-order chi connectivity index (χ1) is 10.7. The van der Waals surface area contributed by atoms with Gasteiger partial charge in [-0.05, 0) is 25.2 Å². The van der Waals surface area contributed by atoms with Crippen molar-refractivity contribution in [3.05, 3.63) is 0 Å². The minimum Gasteiger partial charge on any atom is -0.348 e. The Balaban J connectivity index is 1.92. The number of rotatable bonds is 5. The van der Waals surface area contributed by atoms with Gasteiger partial charge in [0.1, 0.15) is 0 Å². The quantitative estimate of drug-likeness (QED) is 0.758. The molecule has 0 amide bonds. The fourth-order valence-corrected chi connectivity index (χ4v) is 5.07. The lowest BCUT2D eigenvalue weighted by molar-refractivity contribution is -0.182. The highest BCUT2D eigenvalue weighted by molar-refractivity contribution is 7.92. The summed E-state index contributed by atoms with van der Waals surface area (Å²) in [6.45, 7) is 1.00. The normalized spacial score (nSPS) is 23.7. The van der Waals surface area contributed by atoms with Gasteiger partial charge in [-0.15, -0.1) is 0 Å². The Labute approximate surface area is 133 Å². The van der Waals surface area contributed by atoms with Crippen molar-refractivity contribution in [1.82, 2.24) is 0 Å². The van der Waals surface area contributed by atoms with Crippen molar-refractivity contribution in [2.24, 2.45) is 5.92 Å². The van der Waals surface area contributed by atoms with Crippen LogP contribution < -0.4 is 0 Å². The molecule has 0 bridgehead atoms. The van der Waals surface area contributed by atoms with Crippen LogP contribution in [0.25, 0.3) is 0 Å². The molecule has 1 unspecified atom stereocenters. The molecule has 9 heteroatoms. The van der Waals surface area contributed by atoms with Crippen LogP contribution in [0.15, 0.2) is 0 Å². The Hall–Kier alpha value is -0.850. The first-order valence-electron chi connectivity index (χ1n) is 7.63. The minimum absolute atomic E-state index is 0.380. The smallest absolute Gasteiger partial charge is 0.348 e. The lowest BCUT2D eigenvalue weighted by Crippen LogP contribution is -2.40. The summed E-state index contributed by atoms with van der Waals surface area (Å²) in [7, 11) is -3.87. The van der Waals surface area contributed by atoms with Gasteiger partial charge in [-0.1, -0.05) is 0 Å². The van der Waals surface area contributed by atoms with Crippen LogP contribution in [0.4, 0.5) is 13.2 Å². The molecule has 1 saturated carbocycles. The number of hydrogen-bond acceptors (Lipinski definition) is 5. The van der Waals surface area contributed by atoms with Crippen LogP contribution in [-0.2, 0) is 19.3 Å². The molecule has 1 atom stereocenters. The first kappa shape index (κ1) is 18.5. The van der Waals surface area contributed by atoms with Gasteiger partial charge in [0.05, 0.1) is 25.0 Å². The number of ether oxygens (including phenoxy) is 2. The average Bonchev–Trinajstić information content (AvgIpc) is 2.88. The van der Waals surface area contributed by atoms with Gasteiger partial charge in [-0.2, -0.15) is 18.4 Å². The molecule has 5 nitrogen and oxygen atoms in total. The molecule has 1 saturated heterocycles. The fraction of sp³-hybridized carbons (Fsp3) is 0.929. The van der Waals surface area contributed by atoms with E-state index in [1.165, 1.54) is 0 Å². The SMILES string of the molecule is N#CC(C1CCC2(CC1)OCCO2)S(=O)(=O)CCCC(F)(F)F. The van der Waals surface area contributed by atoms with Crippen molar-refractivity contribution in [3.8, 4) is 6.07 Å². The second-order valence-electron chi connectivity index (χ2n) is 6.08. The molecule has 0 N–H and O–H groups in total. The second-order valence-corrected chi connectivity index (χ2v) is 8.32. The molecule has 2 aliphatic rings. The Bertz CT molecular complexity index is 539. The van der Waals surface area contributed by atoms with Gasteiger partial charge in [-0.25, -0.2) is 8.42 Å². The van der Waals surface area contributed by atoms with Gasteiger partial charge in [0.2, 0.25) is 0 Å². The third kappa shape index (κ3) is 4.81.